The zero-order valence-electron chi connectivity index (χ0n) is 8.66. The van der Waals surface area contributed by atoms with Gasteiger partial charge in [-0.2, -0.15) is 0 Å². The van der Waals surface area contributed by atoms with Gasteiger partial charge in [-0.05, 0) is 25.8 Å². The molecular weight excluding hydrogens is 160 g/mol. The summed E-state index contributed by atoms with van der Waals surface area (Å²) in [5.74, 6) is 0. The fourth-order valence-electron chi connectivity index (χ4n) is 1.25. The molecule has 72 valence electrons. The van der Waals surface area contributed by atoms with Gasteiger partial charge in [-0.15, -0.1) is 0 Å². The number of benzene rings is 1. The van der Waals surface area contributed by atoms with E-state index < -0.39 is 0 Å². The Morgan fingerprint density at radius 1 is 1.15 bits per heavy atom. The molecule has 0 saturated heterocycles. The summed E-state index contributed by atoms with van der Waals surface area (Å²) < 4.78 is 5.79. The zero-order valence-corrected chi connectivity index (χ0v) is 8.66. The van der Waals surface area contributed by atoms with Crippen LogP contribution in [0.25, 0.3) is 0 Å². The molecule has 0 fully saturated rings. The van der Waals surface area contributed by atoms with Gasteiger partial charge < -0.3 is 4.74 Å². The van der Waals surface area contributed by atoms with Crippen LogP contribution in [0.3, 0.4) is 0 Å². The Balaban J connectivity index is 2.53. The molecule has 1 rings (SSSR count). The van der Waals surface area contributed by atoms with Crippen molar-refractivity contribution in [2.75, 3.05) is 0 Å². The molecule has 1 nitrogen and oxygen atoms in total. The van der Waals surface area contributed by atoms with Crippen LogP contribution in [0.15, 0.2) is 30.3 Å². The van der Waals surface area contributed by atoms with Crippen LogP contribution < -0.4 is 0 Å². The van der Waals surface area contributed by atoms with Crippen molar-refractivity contribution in [2.24, 2.45) is 0 Å². The van der Waals surface area contributed by atoms with E-state index in [1.54, 1.807) is 0 Å². The fourth-order valence-corrected chi connectivity index (χ4v) is 1.25. The Hall–Kier alpha value is -0.820. The van der Waals surface area contributed by atoms with Crippen LogP contribution >= 0.6 is 0 Å². The van der Waals surface area contributed by atoms with Crippen molar-refractivity contribution in [1.29, 1.82) is 0 Å². The number of ether oxygens (including phenoxy) is 1. The van der Waals surface area contributed by atoms with Crippen molar-refractivity contribution in [3.63, 3.8) is 0 Å². The SMILES string of the molecule is CC[C@@H](C)O[C@@H](C)c1ccccc1. The lowest BCUT2D eigenvalue weighted by molar-refractivity contribution is 0.00548. The largest absolute Gasteiger partial charge is 0.371 e. The van der Waals surface area contributed by atoms with Gasteiger partial charge in [-0.3, -0.25) is 0 Å². The van der Waals surface area contributed by atoms with Gasteiger partial charge in [-0.1, -0.05) is 37.3 Å². The third-order valence-electron chi connectivity index (χ3n) is 2.28. The van der Waals surface area contributed by atoms with E-state index in [9.17, 15) is 0 Å². The molecular formula is C12H18O. The predicted octanol–water partition coefficient (Wildman–Crippen LogP) is 3.56. The Labute approximate surface area is 80.7 Å². The average molecular weight is 178 g/mol. The second-order valence-electron chi connectivity index (χ2n) is 3.41. The number of hydrogen-bond donors (Lipinski definition) is 0. The second-order valence-corrected chi connectivity index (χ2v) is 3.41. The Bertz CT molecular complexity index is 230. The third-order valence-corrected chi connectivity index (χ3v) is 2.28. The molecule has 0 saturated carbocycles. The van der Waals surface area contributed by atoms with E-state index in [4.69, 9.17) is 4.74 Å². The first kappa shape index (κ1) is 10.3. The summed E-state index contributed by atoms with van der Waals surface area (Å²) in [5.41, 5.74) is 1.25. The van der Waals surface area contributed by atoms with Crippen LogP contribution in [-0.2, 0) is 4.74 Å². The highest BCUT2D eigenvalue weighted by atomic mass is 16.5. The van der Waals surface area contributed by atoms with Crippen LogP contribution in [0, 0.1) is 0 Å². The van der Waals surface area contributed by atoms with E-state index in [0.717, 1.165) is 6.42 Å². The number of rotatable bonds is 4. The first-order valence-electron chi connectivity index (χ1n) is 4.94. The lowest BCUT2D eigenvalue weighted by Crippen LogP contribution is -2.10. The van der Waals surface area contributed by atoms with E-state index in [-0.39, 0.29) is 6.10 Å². The molecule has 0 aliphatic rings. The van der Waals surface area contributed by atoms with Gasteiger partial charge >= 0.3 is 0 Å². The van der Waals surface area contributed by atoms with Crippen molar-refractivity contribution in [3.05, 3.63) is 35.9 Å². The maximum absolute atomic E-state index is 5.79. The van der Waals surface area contributed by atoms with Gasteiger partial charge in [0.15, 0.2) is 0 Å². The van der Waals surface area contributed by atoms with E-state index >= 15 is 0 Å². The summed E-state index contributed by atoms with van der Waals surface area (Å²) in [6.45, 7) is 6.35. The summed E-state index contributed by atoms with van der Waals surface area (Å²) in [6.07, 6.45) is 1.61. The monoisotopic (exact) mass is 178 g/mol. The van der Waals surface area contributed by atoms with Crippen LogP contribution in [0.4, 0.5) is 0 Å². The van der Waals surface area contributed by atoms with Gasteiger partial charge in [0.05, 0.1) is 12.2 Å². The maximum Gasteiger partial charge on any atom is 0.0800 e. The van der Waals surface area contributed by atoms with Crippen molar-refractivity contribution >= 4 is 0 Å². The molecule has 0 amide bonds. The normalized spacial score (nSPS) is 15.3. The summed E-state index contributed by atoms with van der Waals surface area (Å²) in [5, 5.41) is 0. The molecule has 0 heterocycles. The lowest BCUT2D eigenvalue weighted by Gasteiger charge is -2.18. The standard InChI is InChI=1S/C12H18O/c1-4-10(2)13-11(3)12-8-6-5-7-9-12/h5-11H,4H2,1-3H3/t10-,11+/m1/s1. The minimum absolute atomic E-state index is 0.205. The smallest absolute Gasteiger partial charge is 0.0800 e. The first-order chi connectivity index (χ1) is 6.24. The molecule has 1 aromatic carbocycles. The fraction of sp³-hybridized carbons (Fsp3) is 0.500. The Kier molecular flexibility index (Phi) is 3.97. The van der Waals surface area contributed by atoms with Crippen molar-refractivity contribution in [3.8, 4) is 0 Å². The van der Waals surface area contributed by atoms with E-state index in [1.807, 2.05) is 18.2 Å². The molecule has 0 unspecified atom stereocenters. The molecule has 0 radical (unpaired) electrons. The Morgan fingerprint density at radius 3 is 2.31 bits per heavy atom. The average Bonchev–Trinajstić information content (AvgIpc) is 2.19. The molecule has 2 atom stereocenters. The summed E-state index contributed by atoms with van der Waals surface area (Å²) in [6, 6.07) is 10.3. The summed E-state index contributed by atoms with van der Waals surface area (Å²) >= 11 is 0. The summed E-state index contributed by atoms with van der Waals surface area (Å²) in [4.78, 5) is 0. The Morgan fingerprint density at radius 2 is 1.77 bits per heavy atom. The maximum atomic E-state index is 5.79. The third kappa shape index (κ3) is 3.19. The topological polar surface area (TPSA) is 9.23 Å². The molecule has 0 aromatic heterocycles. The van der Waals surface area contributed by atoms with Gasteiger partial charge in [0.2, 0.25) is 0 Å². The van der Waals surface area contributed by atoms with E-state index in [0.29, 0.717) is 6.10 Å². The van der Waals surface area contributed by atoms with Gasteiger partial charge in [0.25, 0.3) is 0 Å². The van der Waals surface area contributed by atoms with Gasteiger partial charge in [0.1, 0.15) is 0 Å². The molecule has 1 aromatic rings. The molecule has 0 aliphatic heterocycles. The van der Waals surface area contributed by atoms with Crippen molar-refractivity contribution in [1.82, 2.24) is 0 Å². The number of hydrogen-bond acceptors (Lipinski definition) is 1. The highest BCUT2D eigenvalue weighted by Gasteiger charge is 2.07. The minimum atomic E-state index is 0.205. The highest BCUT2D eigenvalue weighted by Crippen LogP contribution is 2.18. The van der Waals surface area contributed by atoms with Gasteiger partial charge in [-0.25, -0.2) is 0 Å². The van der Waals surface area contributed by atoms with Crippen molar-refractivity contribution in [2.45, 2.75) is 39.4 Å². The highest BCUT2D eigenvalue weighted by molar-refractivity contribution is 5.16. The summed E-state index contributed by atoms with van der Waals surface area (Å²) in [7, 11) is 0. The molecule has 0 bridgehead atoms. The minimum Gasteiger partial charge on any atom is -0.371 e. The first-order valence-corrected chi connectivity index (χ1v) is 4.94. The van der Waals surface area contributed by atoms with Crippen LogP contribution in [0.2, 0.25) is 0 Å². The van der Waals surface area contributed by atoms with Gasteiger partial charge in [0, 0.05) is 0 Å². The van der Waals surface area contributed by atoms with Crippen LogP contribution in [0.1, 0.15) is 38.9 Å². The zero-order chi connectivity index (χ0) is 9.68. The molecule has 1 heteroatoms. The predicted molar refractivity (Wildman–Crippen MR) is 55.7 cm³/mol. The van der Waals surface area contributed by atoms with E-state index in [1.165, 1.54) is 5.56 Å². The quantitative estimate of drug-likeness (QED) is 0.685. The van der Waals surface area contributed by atoms with Crippen molar-refractivity contribution < 1.29 is 4.74 Å². The van der Waals surface area contributed by atoms with Crippen LogP contribution in [-0.4, -0.2) is 6.10 Å². The van der Waals surface area contributed by atoms with Crippen LogP contribution in [0.5, 0.6) is 0 Å². The molecule has 0 spiro atoms. The molecule has 0 N–H and O–H groups in total. The second kappa shape index (κ2) is 5.03. The molecule has 0 aliphatic carbocycles. The van der Waals surface area contributed by atoms with E-state index in [2.05, 4.69) is 32.9 Å². The molecule has 13 heavy (non-hydrogen) atoms. The lowest BCUT2D eigenvalue weighted by atomic mass is 10.1.